The summed E-state index contributed by atoms with van der Waals surface area (Å²) in [4.78, 5) is 23.1. The van der Waals surface area contributed by atoms with Crippen LogP contribution < -0.4 is 5.32 Å². The lowest BCUT2D eigenvalue weighted by molar-refractivity contribution is -0.385. The van der Waals surface area contributed by atoms with Crippen molar-refractivity contribution in [3.8, 4) is 0 Å². The summed E-state index contributed by atoms with van der Waals surface area (Å²) < 4.78 is 32.5. The number of nitro groups is 1. The van der Waals surface area contributed by atoms with Gasteiger partial charge in [-0.3, -0.25) is 14.9 Å². The Morgan fingerprint density at radius 1 is 1.10 bits per heavy atom. The molecule has 1 saturated heterocycles. The third kappa shape index (κ3) is 4.44. The molecule has 1 fully saturated rings. The monoisotopic (exact) mass is 419 g/mol. The average Bonchev–Trinajstić information content (AvgIpc) is 2.69. The molecule has 154 valence electrons. The molecule has 9 nitrogen and oxygen atoms in total. The van der Waals surface area contributed by atoms with E-state index in [0.29, 0.717) is 30.0 Å². The Balaban J connectivity index is 1.85. The molecule has 0 aromatic heterocycles. The van der Waals surface area contributed by atoms with Gasteiger partial charge in [-0.15, -0.1) is 0 Å². The lowest BCUT2D eigenvalue weighted by atomic mass is 10.1. The number of nitrogens with zero attached hydrogens (tertiary/aromatic N) is 2. The number of amides is 1. The van der Waals surface area contributed by atoms with Crippen LogP contribution in [0.25, 0.3) is 0 Å². The van der Waals surface area contributed by atoms with Gasteiger partial charge in [0.05, 0.1) is 23.0 Å². The SMILES string of the molecule is Cc1cc(C(=O)Nc2ccc(C)c(S(=O)(=O)N3CCOCC3)c2)ccc1[N+](=O)[O-]. The van der Waals surface area contributed by atoms with Crippen LogP contribution in [0.15, 0.2) is 41.3 Å². The first-order valence-corrected chi connectivity index (χ1v) is 10.4. The molecule has 0 bridgehead atoms. The summed E-state index contributed by atoms with van der Waals surface area (Å²) in [5, 5.41) is 13.6. The highest BCUT2D eigenvalue weighted by Gasteiger charge is 2.28. The lowest BCUT2D eigenvalue weighted by Crippen LogP contribution is -2.40. The predicted octanol–water partition coefficient (Wildman–Crippen LogP) is 2.48. The molecule has 0 atom stereocenters. The number of nitro benzene ring substituents is 1. The number of rotatable bonds is 5. The first kappa shape index (κ1) is 20.9. The summed E-state index contributed by atoms with van der Waals surface area (Å²) in [6, 6.07) is 8.73. The number of aryl methyl sites for hydroxylation is 2. The van der Waals surface area contributed by atoms with Crippen molar-refractivity contribution in [2.45, 2.75) is 18.7 Å². The Morgan fingerprint density at radius 3 is 2.41 bits per heavy atom. The number of morpholine rings is 1. The number of carbonyl (C=O) groups is 1. The minimum atomic E-state index is -3.71. The molecule has 2 aromatic rings. The quantitative estimate of drug-likeness (QED) is 0.587. The molecule has 1 aliphatic rings. The van der Waals surface area contributed by atoms with Gasteiger partial charge in [-0.2, -0.15) is 4.31 Å². The standard InChI is InChI=1S/C19H21N3O6S/c1-13-3-5-16(12-18(13)29(26,27)21-7-9-28-10-8-21)20-19(23)15-4-6-17(22(24)25)14(2)11-15/h3-6,11-12H,7-10H2,1-2H3,(H,20,23). The van der Waals surface area contributed by atoms with E-state index in [0.717, 1.165) is 0 Å². The molecule has 0 aliphatic carbocycles. The zero-order valence-electron chi connectivity index (χ0n) is 16.0. The largest absolute Gasteiger partial charge is 0.379 e. The van der Waals surface area contributed by atoms with E-state index in [-0.39, 0.29) is 29.2 Å². The van der Waals surface area contributed by atoms with Crippen LogP contribution in [0.5, 0.6) is 0 Å². The number of anilines is 1. The van der Waals surface area contributed by atoms with Gasteiger partial charge in [0.2, 0.25) is 10.0 Å². The van der Waals surface area contributed by atoms with Gasteiger partial charge in [0.15, 0.2) is 0 Å². The number of nitrogens with one attached hydrogen (secondary N) is 1. The summed E-state index contributed by atoms with van der Waals surface area (Å²) in [5.41, 5.74) is 1.42. The Bertz CT molecular complexity index is 1060. The second-order valence-electron chi connectivity index (χ2n) is 6.71. The molecule has 1 N–H and O–H groups in total. The van der Waals surface area contributed by atoms with Crippen LogP contribution in [-0.2, 0) is 14.8 Å². The molecule has 0 spiro atoms. The van der Waals surface area contributed by atoms with Crippen LogP contribution in [0.3, 0.4) is 0 Å². The van der Waals surface area contributed by atoms with E-state index in [1.165, 1.54) is 28.6 Å². The molecule has 1 aliphatic heterocycles. The first-order chi connectivity index (χ1) is 13.7. The van der Waals surface area contributed by atoms with Gasteiger partial charge in [-0.25, -0.2) is 8.42 Å². The highest BCUT2D eigenvalue weighted by molar-refractivity contribution is 7.89. The molecule has 0 saturated carbocycles. The van der Waals surface area contributed by atoms with Crippen LogP contribution in [0.2, 0.25) is 0 Å². The molecular weight excluding hydrogens is 398 g/mol. The number of hydrogen-bond donors (Lipinski definition) is 1. The highest BCUT2D eigenvalue weighted by atomic mass is 32.2. The molecule has 0 radical (unpaired) electrons. The molecule has 0 unspecified atom stereocenters. The predicted molar refractivity (Wildman–Crippen MR) is 107 cm³/mol. The zero-order chi connectivity index (χ0) is 21.2. The fourth-order valence-corrected chi connectivity index (χ4v) is 4.75. The normalized spacial score (nSPS) is 15.1. The Labute approximate surface area is 168 Å². The van der Waals surface area contributed by atoms with Crippen LogP contribution in [0.1, 0.15) is 21.5 Å². The van der Waals surface area contributed by atoms with Crippen molar-refractivity contribution in [3.05, 3.63) is 63.2 Å². The van der Waals surface area contributed by atoms with E-state index in [1.54, 1.807) is 26.0 Å². The van der Waals surface area contributed by atoms with Crippen molar-refractivity contribution in [1.82, 2.24) is 4.31 Å². The van der Waals surface area contributed by atoms with Crippen molar-refractivity contribution in [2.24, 2.45) is 0 Å². The third-order valence-electron chi connectivity index (χ3n) is 4.69. The minimum absolute atomic E-state index is 0.0734. The van der Waals surface area contributed by atoms with E-state index >= 15 is 0 Å². The average molecular weight is 419 g/mol. The van der Waals surface area contributed by atoms with Gasteiger partial charge in [-0.05, 0) is 43.7 Å². The fraction of sp³-hybridized carbons (Fsp3) is 0.316. The molecule has 1 heterocycles. The van der Waals surface area contributed by atoms with Gasteiger partial charge in [0.1, 0.15) is 0 Å². The third-order valence-corrected chi connectivity index (χ3v) is 6.73. The van der Waals surface area contributed by atoms with Crippen LogP contribution >= 0.6 is 0 Å². The summed E-state index contributed by atoms with van der Waals surface area (Å²) in [5.74, 6) is -0.485. The van der Waals surface area contributed by atoms with Gasteiger partial charge in [-0.1, -0.05) is 6.07 Å². The molecular formula is C19H21N3O6S. The smallest absolute Gasteiger partial charge is 0.272 e. The van der Waals surface area contributed by atoms with E-state index < -0.39 is 20.9 Å². The van der Waals surface area contributed by atoms with Crippen LogP contribution in [0, 0.1) is 24.0 Å². The number of ether oxygens (including phenoxy) is 1. The topological polar surface area (TPSA) is 119 Å². The van der Waals surface area contributed by atoms with Crippen molar-refractivity contribution in [1.29, 1.82) is 0 Å². The second kappa shape index (κ2) is 8.27. The lowest BCUT2D eigenvalue weighted by Gasteiger charge is -2.26. The number of carbonyl (C=O) groups excluding carboxylic acids is 1. The fourth-order valence-electron chi connectivity index (χ4n) is 3.09. The second-order valence-corrected chi connectivity index (χ2v) is 8.62. The number of benzene rings is 2. The maximum atomic E-state index is 13.0. The van der Waals surface area contributed by atoms with Gasteiger partial charge in [0.25, 0.3) is 11.6 Å². The van der Waals surface area contributed by atoms with Crippen molar-refractivity contribution in [3.63, 3.8) is 0 Å². The first-order valence-electron chi connectivity index (χ1n) is 8.95. The van der Waals surface area contributed by atoms with Crippen LogP contribution in [0.4, 0.5) is 11.4 Å². The minimum Gasteiger partial charge on any atom is -0.379 e. The maximum absolute atomic E-state index is 13.0. The number of hydrogen-bond acceptors (Lipinski definition) is 6. The van der Waals surface area contributed by atoms with Crippen molar-refractivity contribution in [2.75, 3.05) is 31.6 Å². The zero-order valence-corrected chi connectivity index (χ0v) is 16.9. The van der Waals surface area contributed by atoms with Gasteiger partial charge in [0, 0.05) is 36.0 Å². The van der Waals surface area contributed by atoms with E-state index in [1.807, 2.05) is 0 Å². The van der Waals surface area contributed by atoms with E-state index in [4.69, 9.17) is 4.74 Å². The molecule has 29 heavy (non-hydrogen) atoms. The van der Waals surface area contributed by atoms with E-state index in [2.05, 4.69) is 5.32 Å². The molecule has 2 aromatic carbocycles. The highest BCUT2D eigenvalue weighted by Crippen LogP contribution is 2.25. The summed E-state index contributed by atoms with van der Waals surface area (Å²) in [7, 11) is -3.71. The maximum Gasteiger partial charge on any atom is 0.272 e. The summed E-state index contributed by atoms with van der Waals surface area (Å²) in [6.07, 6.45) is 0. The summed E-state index contributed by atoms with van der Waals surface area (Å²) >= 11 is 0. The van der Waals surface area contributed by atoms with Gasteiger partial charge >= 0.3 is 0 Å². The molecule has 3 rings (SSSR count). The van der Waals surface area contributed by atoms with Crippen molar-refractivity contribution >= 4 is 27.3 Å². The summed E-state index contributed by atoms with van der Waals surface area (Å²) in [6.45, 7) is 4.48. The molecule has 1 amide bonds. The molecule has 10 heteroatoms. The van der Waals surface area contributed by atoms with E-state index in [9.17, 15) is 23.3 Å². The van der Waals surface area contributed by atoms with Gasteiger partial charge < -0.3 is 10.1 Å². The Hall–Kier alpha value is -2.82. The Morgan fingerprint density at radius 2 is 1.79 bits per heavy atom. The van der Waals surface area contributed by atoms with Crippen molar-refractivity contribution < 1.29 is 22.9 Å². The Kier molecular flexibility index (Phi) is 5.96. The number of sulfonamides is 1. The van der Waals surface area contributed by atoms with Crippen LogP contribution in [-0.4, -0.2) is 49.9 Å².